The minimum Gasteiger partial charge on any atom is -0.342 e. The molecule has 1 heterocycles. The molecule has 0 aliphatic heterocycles. The number of rotatable bonds is 9. The number of nitrogens with zero attached hydrogens (tertiary/aromatic N) is 1. The lowest BCUT2D eigenvalue weighted by Gasteiger charge is -2.20. The van der Waals surface area contributed by atoms with Crippen molar-refractivity contribution in [2.24, 2.45) is 0 Å². The second kappa shape index (κ2) is 10.9. The molecule has 0 fully saturated rings. The third-order valence-electron chi connectivity index (χ3n) is 4.97. The minimum absolute atomic E-state index is 0.0543. The van der Waals surface area contributed by atoms with Crippen LogP contribution in [0.5, 0.6) is 0 Å². The van der Waals surface area contributed by atoms with Crippen LogP contribution in [-0.2, 0) is 27.7 Å². The first-order valence-corrected chi connectivity index (χ1v) is 12.5. The highest BCUT2D eigenvalue weighted by molar-refractivity contribution is 7.89. The van der Waals surface area contributed by atoms with E-state index in [1.54, 1.807) is 20.8 Å². The SMILES string of the molecule is CC(C)(C)NS(=O)(=O)c1ccc(CC(=O)[C@H](Cc2ccccc2)NC(=O)c2ccc(F)cc2)cn1. The van der Waals surface area contributed by atoms with Gasteiger partial charge >= 0.3 is 0 Å². The first-order chi connectivity index (χ1) is 16.4. The Kier molecular flexibility index (Phi) is 8.14. The molecule has 0 spiro atoms. The lowest BCUT2D eigenvalue weighted by Crippen LogP contribution is -2.43. The molecular formula is C26H28FN3O4S. The van der Waals surface area contributed by atoms with Gasteiger partial charge in [0.2, 0.25) is 0 Å². The fourth-order valence-electron chi connectivity index (χ4n) is 3.39. The average molecular weight is 498 g/mol. The molecule has 0 saturated heterocycles. The summed E-state index contributed by atoms with van der Waals surface area (Å²) in [5.74, 6) is -1.23. The molecular weight excluding hydrogens is 469 g/mol. The number of halogens is 1. The van der Waals surface area contributed by atoms with E-state index in [0.29, 0.717) is 5.56 Å². The molecule has 0 bridgehead atoms. The molecule has 1 aromatic heterocycles. The highest BCUT2D eigenvalue weighted by Gasteiger charge is 2.25. The van der Waals surface area contributed by atoms with Gasteiger partial charge in [0.05, 0.1) is 6.04 Å². The topological polar surface area (TPSA) is 105 Å². The summed E-state index contributed by atoms with van der Waals surface area (Å²) in [4.78, 5) is 29.9. The van der Waals surface area contributed by atoms with Crippen LogP contribution in [0, 0.1) is 5.82 Å². The normalized spacial score (nSPS) is 12.7. The number of hydrogen-bond donors (Lipinski definition) is 2. The van der Waals surface area contributed by atoms with Crippen LogP contribution in [0.4, 0.5) is 4.39 Å². The number of hydrogen-bond acceptors (Lipinski definition) is 5. The van der Waals surface area contributed by atoms with E-state index in [1.807, 2.05) is 30.3 Å². The summed E-state index contributed by atoms with van der Waals surface area (Å²) >= 11 is 0. The maximum Gasteiger partial charge on any atom is 0.258 e. The molecule has 0 aliphatic rings. The molecule has 1 atom stereocenters. The second-order valence-electron chi connectivity index (χ2n) is 9.23. The van der Waals surface area contributed by atoms with Crippen molar-refractivity contribution in [3.8, 4) is 0 Å². The number of sulfonamides is 1. The summed E-state index contributed by atoms with van der Waals surface area (Å²) in [5.41, 5.74) is 0.944. The van der Waals surface area contributed by atoms with E-state index < -0.39 is 33.3 Å². The first-order valence-electron chi connectivity index (χ1n) is 11.0. The van der Waals surface area contributed by atoms with Crippen molar-refractivity contribution in [3.05, 3.63) is 95.4 Å². The number of carbonyl (C=O) groups excluding carboxylic acids is 2. The molecule has 0 unspecified atom stereocenters. The molecule has 9 heteroatoms. The van der Waals surface area contributed by atoms with Gasteiger partial charge in [-0.2, -0.15) is 0 Å². The minimum atomic E-state index is -3.80. The largest absolute Gasteiger partial charge is 0.342 e. The maximum atomic E-state index is 13.2. The molecule has 2 aromatic carbocycles. The molecule has 7 nitrogen and oxygen atoms in total. The maximum absolute atomic E-state index is 13.2. The van der Waals surface area contributed by atoms with Gasteiger partial charge in [0.1, 0.15) is 5.82 Å². The molecule has 3 rings (SSSR count). The molecule has 0 aliphatic carbocycles. The summed E-state index contributed by atoms with van der Waals surface area (Å²) in [6, 6.07) is 16.3. The Morgan fingerprint density at radius 3 is 2.17 bits per heavy atom. The van der Waals surface area contributed by atoms with Crippen LogP contribution >= 0.6 is 0 Å². The Bertz CT molecular complexity index is 1270. The van der Waals surface area contributed by atoms with Crippen molar-refractivity contribution < 1.29 is 22.4 Å². The lowest BCUT2D eigenvalue weighted by atomic mass is 9.98. The summed E-state index contributed by atoms with van der Waals surface area (Å²) in [7, 11) is -3.80. The van der Waals surface area contributed by atoms with Crippen molar-refractivity contribution in [3.63, 3.8) is 0 Å². The Hall–Kier alpha value is -3.43. The van der Waals surface area contributed by atoms with E-state index in [4.69, 9.17) is 0 Å². The van der Waals surface area contributed by atoms with E-state index in [-0.39, 0.29) is 29.2 Å². The highest BCUT2D eigenvalue weighted by atomic mass is 32.2. The predicted molar refractivity (Wildman–Crippen MR) is 131 cm³/mol. The number of benzene rings is 2. The van der Waals surface area contributed by atoms with Gasteiger partial charge in [-0.3, -0.25) is 9.59 Å². The van der Waals surface area contributed by atoms with Crippen LogP contribution in [0.2, 0.25) is 0 Å². The zero-order chi connectivity index (χ0) is 25.6. The molecule has 184 valence electrons. The Balaban J connectivity index is 1.77. The number of nitrogens with one attached hydrogen (secondary N) is 2. The van der Waals surface area contributed by atoms with Crippen molar-refractivity contribution in [1.82, 2.24) is 15.0 Å². The van der Waals surface area contributed by atoms with Crippen LogP contribution in [0.1, 0.15) is 42.3 Å². The van der Waals surface area contributed by atoms with Crippen molar-refractivity contribution in [2.75, 3.05) is 0 Å². The van der Waals surface area contributed by atoms with E-state index in [2.05, 4.69) is 15.0 Å². The predicted octanol–water partition coefficient (Wildman–Crippen LogP) is 3.45. The van der Waals surface area contributed by atoms with Crippen molar-refractivity contribution in [2.45, 2.75) is 50.2 Å². The zero-order valence-corrected chi connectivity index (χ0v) is 20.6. The summed E-state index contributed by atoms with van der Waals surface area (Å²) < 4.78 is 40.7. The number of amides is 1. The molecule has 2 N–H and O–H groups in total. The fourth-order valence-corrected chi connectivity index (χ4v) is 4.74. The monoisotopic (exact) mass is 497 g/mol. The molecule has 1 amide bonds. The summed E-state index contributed by atoms with van der Waals surface area (Å²) in [6.45, 7) is 5.18. The van der Waals surface area contributed by atoms with Crippen LogP contribution in [0.25, 0.3) is 0 Å². The number of aromatic nitrogens is 1. The van der Waals surface area contributed by atoms with Gasteiger partial charge in [-0.15, -0.1) is 0 Å². The zero-order valence-electron chi connectivity index (χ0n) is 19.8. The standard InChI is InChI=1S/C26H28FN3O4S/c1-26(2,3)30-35(33,34)24-14-9-19(17-28-24)16-23(31)22(15-18-7-5-4-6-8-18)29-25(32)20-10-12-21(27)13-11-20/h4-14,17,22,30H,15-16H2,1-3H3,(H,29,32)/t22-/m0/s1. The molecule has 0 saturated carbocycles. The van der Waals surface area contributed by atoms with Gasteiger partial charge in [-0.05, 0) is 68.7 Å². The van der Waals surface area contributed by atoms with Gasteiger partial charge in [0.25, 0.3) is 15.9 Å². The van der Waals surface area contributed by atoms with Crippen molar-refractivity contribution >= 4 is 21.7 Å². The first kappa shape index (κ1) is 26.2. The Morgan fingerprint density at radius 1 is 0.943 bits per heavy atom. The smallest absolute Gasteiger partial charge is 0.258 e. The van der Waals surface area contributed by atoms with E-state index >= 15 is 0 Å². The van der Waals surface area contributed by atoms with Gasteiger partial charge in [0, 0.05) is 23.7 Å². The van der Waals surface area contributed by atoms with Gasteiger partial charge in [0.15, 0.2) is 10.8 Å². The lowest BCUT2D eigenvalue weighted by molar-refractivity contribution is -0.120. The van der Waals surface area contributed by atoms with Crippen LogP contribution < -0.4 is 10.0 Å². The Morgan fingerprint density at radius 2 is 1.60 bits per heavy atom. The number of pyridine rings is 1. The van der Waals surface area contributed by atoms with Crippen LogP contribution in [0.3, 0.4) is 0 Å². The van der Waals surface area contributed by atoms with Gasteiger partial charge in [-0.1, -0.05) is 36.4 Å². The molecule has 35 heavy (non-hydrogen) atoms. The van der Waals surface area contributed by atoms with E-state index in [0.717, 1.165) is 5.56 Å². The number of ketones is 1. The van der Waals surface area contributed by atoms with Crippen LogP contribution in [-0.4, -0.2) is 36.7 Å². The third kappa shape index (κ3) is 7.80. The van der Waals surface area contributed by atoms with Crippen LogP contribution in [0.15, 0.2) is 78.0 Å². The van der Waals surface area contributed by atoms with Gasteiger partial charge < -0.3 is 5.32 Å². The fraction of sp³-hybridized carbons (Fsp3) is 0.269. The van der Waals surface area contributed by atoms with E-state index in [9.17, 15) is 22.4 Å². The highest BCUT2D eigenvalue weighted by Crippen LogP contribution is 2.13. The quantitative estimate of drug-likeness (QED) is 0.471. The Labute approximate surface area is 204 Å². The van der Waals surface area contributed by atoms with Crippen molar-refractivity contribution in [1.29, 1.82) is 0 Å². The molecule has 0 radical (unpaired) electrons. The van der Waals surface area contributed by atoms with E-state index in [1.165, 1.54) is 42.6 Å². The van der Waals surface area contributed by atoms with Gasteiger partial charge in [-0.25, -0.2) is 22.5 Å². The summed E-state index contributed by atoms with van der Waals surface area (Å²) in [5, 5.41) is 2.60. The third-order valence-corrected chi connectivity index (χ3v) is 6.65. The number of carbonyl (C=O) groups is 2. The molecule has 3 aromatic rings. The number of Topliss-reactive ketones (excluding diaryl/α,β-unsaturated/α-hetero) is 1. The summed E-state index contributed by atoms with van der Waals surface area (Å²) in [6.07, 6.45) is 1.56. The second-order valence-corrected chi connectivity index (χ2v) is 10.9. The average Bonchev–Trinajstić information content (AvgIpc) is 2.78.